The van der Waals surface area contributed by atoms with Crippen LogP contribution in [0.25, 0.3) is 0 Å². The van der Waals surface area contributed by atoms with Gasteiger partial charge in [0.15, 0.2) is 0 Å². The molecule has 5 nitrogen and oxygen atoms in total. The van der Waals surface area contributed by atoms with Crippen molar-refractivity contribution in [3.8, 4) is 5.75 Å². The number of hydrogen-bond donors (Lipinski definition) is 0. The number of nitrogens with zero attached hydrogens (tertiary/aromatic N) is 2. The van der Waals surface area contributed by atoms with Crippen molar-refractivity contribution >= 4 is 17.5 Å². The highest BCUT2D eigenvalue weighted by Crippen LogP contribution is 2.39. The number of aryl methyl sites for hydroxylation is 2. The van der Waals surface area contributed by atoms with Crippen molar-refractivity contribution in [2.45, 2.75) is 45.4 Å². The van der Waals surface area contributed by atoms with Crippen LogP contribution in [-0.2, 0) is 22.4 Å². The molecule has 0 unspecified atom stereocenters. The Balaban J connectivity index is 1.37. The van der Waals surface area contributed by atoms with E-state index in [1.165, 1.54) is 16.7 Å². The Hall–Kier alpha value is -2.82. The van der Waals surface area contributed by atoms with Gasteiger partial charge in [0.2, 0.25) is 11.8 Å². The second-order valence-corrected chi connectivity index (χ2v) is 8.65. The Morgan fingerprint density at radius 2 is 1.77 bits per heavy atom. The summed E-state index contributed by atoms with van der Waals surface area (Å²) in [5.74, 6) is 1.12. The van der Waals surface area contributed by atoms with E-state index in [2.05, 4.69) is 25.1 Å². The fourth-order valence-electron chi connectivity index (χ4n) is 4.89. The van der Waals surface area contributed by atoms with Crippen LogP contribution in [0.3, 0.4) is 0 Å². The Labute approximate surface area is 185 Å². The molecule has 0 radical (unpaired) electrons. The van der Waals surface area contributed by atoms with Crippen LogP contribution in [0.1, 0.15) is 42.4 Å². The number of fused-ring (bicyclic) bond motifs is 1. The molecule has 0 aliphatic carbocycles. The Bertz CT molecular complexity index is 933. The van der Waals surface area contributed by atoms with Crippen molar-refractivity contribution in [3.05, 3.63) is 59.2 Å². The molecule has 2 aliphatic heterocycles. The maximum absolute atomic E-state index is 13.4. The number of carbonyl (C=O) groups is 2. The van der Waals surface area contributed by atoms with Gasteiger partial charge in [-0.05, 0) is 61.8 Å². The smallest absolute Gasteiger partial charge is 0.230 e. The summed E-state index contributed by atoms with van der Waals surface area (Å²) < 4.78 is 5.60. The van der Waals surface area contributed by atoms with Crippen LogP contribution in [0.4, 0.5) is 5.69 Å². The van der Waals surface area contributed by atoms with E-state index in [4.69, 9.17) is 4.74 Å². The van der Waals surface area contributed by atoms with Gasteiger partial charge in [0.1, 0.15) is 5.75 Å². The van der Waals surface area contributed by atoms with Crippen LogP contribution in [0.5, 0.6) is 5.75 Å². The number of methoxy groups -OCH3 is 1. The molecule has 31 heavy (non-hydrogen) atoms. The minimum absolute atomic E-state index is 0.0330. The Kier molecular flexibility index (Phi) is 6.59. The zero-order chi connectivity index (χ0) is 21.8. The average molecular weight is 421 g/mol. The molecule has 2 heterocycles. The zero-order valence-corrected chi connectivity index (χ0v) is 18.6. The van der Waals surface area contributed by atoms with Gasteiger partial charge in [-0.25, -0.2) is 0 Å². The highest BCUT2D eigenvalue weighted by atomic mass is 16.5. The van der Waals surface area contributed by atoms with Crippen LogP contribution in [-0.4, -0.2) is 43.5 Å². The molecule has 0 aromatic heterocycles. The summed E-state index contributed by atoms with van der Waals surface area (Å²) in [4.78, 5) is 30.0. The lowest BCUT2D eigenvalue weighted by atomic mass is 9.91. The number of anilines is 1. The van der Waals surface area contributed by atoms with Crippen molar-refractivity contribution < 1.29 is 14.3 Å². The molecule has 2 aliphatic rings. The average Bonchev–Trinajstić information content (AvgIpc) is 2.83. The summed E-state index contributed by atoms with van der Waals surface area (Å²) in [6, 6.07) is 14.2. The lowest BCUT2D eigenvalue weighted by molar-refractivity contribution is -0.134. The first-order valence-electron chi connectivity index (χ1n) is 11.4. The summed E-state index contributed by atoms with van der Waals surface area (Å²) >= 11 is 0. The van der Waals surface area contributed by atoms with E-state index in [-0.39, 0.29) is 17.7 Å². The van der Waals surface area contributed by atoms with E-state index in [1.807, 2.05) is 34.1 Å². The van der Waals surface area contributed by atoms with Gasteiger partial charge < -0.3 is 14.5 Å². The molecule has 2 amide bonds. The molecule has 0 N–H and O–H groups in total. The predicted octanol–water partition coefficient (Wildman–Crippen LogP) is 4.15. The highest BCUT2D eigenvalue weighted by Gasteiger charge is 2.34. The van der Waals surface area contributed by atoms with Crippen molar-refractivity contribution in [2.75, 3.05) is 31.6 Å². The Morgan fingerprint density at radius 1 is 1.03 bits per heavy atom. The first-order valence-corrected chi connectivity index (χ1v) is 11.4. The molecule has 4 rings (SSSR count). The van der Waals surface area contributed by atoms with E-state index in [9.17, 15) is 9.59 Å². The summed E-state index contributed by atoms with van der Waals surface area (Å²) in [5.41, 5.74) is 4.59. The number of amides is 2. The molecule has 1 saturated heterocycles. The molecule has 0 saturated carbocycles. The first kappa shape index (κ1) is 21.4. The molecule has 0 atom stereocenters. The van der Waals surface area contributed by atoms with Crippen molar-refractivity contribution in [2.24, 2.45) is 5.92 Å². The monoisotopic (exact) mass is 420 g/mol. The summed E-state index contributed by atoms with van der Waals surface area (Å²) in [6.07, 6.45) is 4.71. The van der Waals surface area contributed by atoms with E-state index < -0.39 is 0 Å². The molecule has 0 bridgehead atoms. The number of piperidine rings is 1. The maximum atomic E-state index is 13.4. The number of hydrogen-bond acceptors (Lipinski definition) is 3. The van der Waals surface area contributed by atoms with Gasteiger partial charge >= 0.3 is 0 Å². The molecule has 1 fully saturated rings. The zero-order valence-electron chi connectivity index (χ0n) is 18.6. The van der Waals surface area contributed by atoms with Crippen LogP contribution in [0, 0.1) is 12.8 Å². The lowest BCUT2D eigenvalue weighted by Gasteiger charge is -2.37. The largest absolute Gasteiger partial charge is 0.495 e. The molecule has 2 aromatic rings. The van der Waals surface area contributed by atoms with Gasteiger partial charge in [0.25, 0.3) is 0 Å². The third-order valence-corrected chi connectivity index (χ3v) is 6.71. The van der Waals surface area contributed by atoms with Crippen molar-refractivity contribution in [1.29, 1.82) is 0 Å². The second-order valence-electron chi connectivity index (χ2n) is 8.65. The fourth-order valence-corrected chi connectivity index (χ4v) is 4.89. The van der Waals surface area contributed by atoms with Crippen LogP contribution >= 0.6 is 0 Å². The van der Waals surface area contributed by atoms with Crippen molar-refractivity contribution in [1.82, 2.24) is 4.90 Å². The predicted molar refractivity (Wildman–Crippen MR) is 122 cm³/mol. The Morgan fingerprint density at radius 3 is 2.48 bits per heavy atom. The van der Waals surface area contributed by atoms with Crippen LogP contribution in [0.2, 0.25) is 0 Å². The second kappa shape index (κ2) is 9.54. The molecular weight excluding hydrogens is 388 g/mol. The summed E-state index contributed by atoms with van der Waals surface area (Å²) in [5, 5.41) is 0. The summed E-state index contributed by atoms with van der Waals surface area (Å²) in [6.45, 7) is 4.17. The number of carbonyl (C=O) groups excluding carboxylic acids is 2. The van der Waals surface area contributed by atoms with Crippen LogP contribution in [0.15, 0.2) is 42.5 Å². The minimum Gasteiger partial charge on any atom is -0.495 e. The quantitative estimate of drug-likeness (QED) is 0.730. The third-order valence-electron chi connectivity index (χ3n) is 6.71. The molecular formula is C26H32N2O3. The number of benzene rings is 2. The van der Waals surface area contributed by atoms with Crippen molar-refractivity contribution in [3.63, 3.8) is 0 Å². The first-order chi connectivity index (χ1) is 15.1. The van der Waals surface area contributed by atoms with Gasteiger partial charge in [0, 0.05) is 32.0 Å². The molecule has 2 aromatic carbocycles. The lowest BCUT2D eigenvalue weighted by Crippen LogP contribution is -2.46. The van der Waals surface area contributed by atoms with Gasteiger partial charge in [-0.2, -0.15) is 0 Å². The minimum atomic E-state index is -0.0330. The van der Waals surface area contributed by atoms with E-state index >= 15 is 0 Å². The fraction of sp³-hybridized carbons (Fsp3) is 0.462. The number of rotatable bonds is 5. The van der Waals surface area contributed by atoms with Crippen LogP contribution < -0.4 is 9.64 Å². The molecule has 164 valence electrons. The van der Waals surface area contributed by atoms with Gasteiger partial charge in [-0.1, -0.05) is 36.4 Å². The maximum Gasteiger partial charge on any atom is 0.230 e. The van der Waals surface area contributed by atoms with E-state index in [0.29, 0.717) is 19.5 Å². The third kappa shape index (κ3) is 4.60. The summed E-state index contributed by atoms with van der Waals surface area (Å²) in [7, 11) is 1.67. The van der Waals surface area contributed by atoms with Gasteiger partial charge in [-0.3, -0.25) is 9.59 Å². The van der Waals surface area contributed by atoms with E-state index in [1.54, 1.807) is 7.11 Å². The topological polar surface area (TPSA) is 49.9 Å². The number of ether oxygens (including phenoxy) is 1. The normalized spacial score (nSPS) is 16.7. The SMILES string of the molecule is COc1ccc(C)c2c1N(C(=O)C1CCN(C(=O)CCc3ccccc3)CC1)CCC2. The van der Waals surface area contributed by atoms with Gasteiger partial charge in [-0.15, -0.1) is 0 Å². The van der Waals surface area contributed by atoms with E-state index in [0.717, 1.165) is 50.1 Å². The molecule has 5 heteroatoms. The number of likely N-dealkylation sites (tertiary alicyclic amines) is 1. The molecule has 0 spiro atoms. The standard InChI is InChI=1S/C26H32N2O3/c1-19-10-12-23(31-2)25-22(19)9-6-16-28(25)26(30)21-14-17-27(18-15-21)24(29)13-11-20-7-4-3-5-8-20/h3-5,7-8,10,12,21H,6,9,11,13-18H2,1-2H3. The highest BCUT2D eigenvalue weighted by molar-refractivity contribution is 5.98. The van der Waals surface area contributed by atoms with Gasteiger partial charge in [0.05, 0.1) is 12.8 Å².